The molecule has 4 rings (SSSR count). The molecule has 3 aliphatic rings. The van der Waals surface area contributed by atoms with E-state index < -0.39 is 5.60 Å². The topological polar surface area (TPSA) is 60.8 Å². The van der Waals surface area contributed by atoms with Crippen LogP contribution < -0.4 is 4.74 Å². The molecular formula is C16H21NO4. The molecule has 1 spiro atoms. The number of methoxy groups -OCH3 is 1. The molecule has 2 heterocycles. The van der Waals surface area contributed by atoms with E-state index in [0.29, 0.717) is 30.9 Å². The molecule has 1 aliphatic heterocycles. The van der Waals surface area contributed by atoms with Gasteiger partial charge in [-0.1, -0.05) is 0 Å². The third-order valence-electron chi connectivity index (χ3n) is 5.31. The molecule has 2 saturated carbocycles. The molecule has 1 aromatic rings. The summed E-state index contributed by atoms with van der Waals surface area (Å²) in [6.45, 7) is 1.40. The van der Waals surface area contributed by atoms with Gasteiger partial charge in [0.05, 0.1) is 25.9 Å². The van der Waals surface area contributed by atoms with Gasteiger partial charge in [0, 0.05) is 30.7 Å². The quantitative estimate of drug-likeness (QED) is 0.901. The predicted molar refractivity (Wildman–Crippen MR) is 74.8 cm³/mol. The van der Waals surface area contributed by atoms with Crippen LogP contribution in [0.2, 0.25) is 0 Å². The Morgan fingerprint density at radius 1 is 1.14 bits per heavy atom. The lowest BCUT2D eigenvalue weighted by Crippen LogP contribution is -2.30. The van der Waals surface area contributed by atoms with Crippen LogP contribution >= 0.6 is 0 Å². The first kappa shape index (κ1) is 13.5. The smallest absolute Gasteiger partial charge is 0.212 e. The van der Waals surface area contributed by atoms with Crippen molar-refractivity contribution in [2.24, 2.45) is 11.8 Å². The van der Waals surface area contributed by atoms with E-state index in [-0.39, 0.29) is 5.79 Å². The van der Waals surface area contributed by atoms with E-state index in [2.05, 4.69) is 4.98 Å². The summed E-state index contributed by atoms with van der Waals surface area (Å²) in [7, 11) is 1.59. The maximum absolute atomic E-state index is 11.0. The molecule has 1 saturated heterocycles. The Hall–Kier alpha value is -1.17. The fraction of sp³-hybridized carbons (Fsp3) is 0.688. The molecule has 3 fully saturated rings. The van der Waals surface area contributed by atoms with Crippen molar-refractivity contribution < 1.29 is 19.3 Å². The van der Waals surface area contributed by atoms with Crippen molar-refractivity contribution in [3.63, 3.8) is 0 Å². The Balaban J connectivity index is 1.51. The molecule has 0 amide bonds. The normalized spacial score (nSPS) is 37.0. The molecule has 2 atom stereocenters. The highest BCUT2D eigenvalue weighted by Gasteiger charge is 2.56. The Morgan fingerprint density at radius 3 is 2.33 bits per heavy atom. The van der Waals surface area contributed by atoms with E-state index in [1.807, 2.05) is 12.1 Å². The average Bonchev–Trinajstić information content (AvgIpc) is 3.14. The largest absolute Gasteiger partial charge is 0.481 e. The van der Waals surface area contributed by atoms with Gasteiger partial charge < -0.3 is 19.3 Å². The van der Waals surface area contributed by atoms with Gasteiger partial charge in [-0.25, -0.2) is 4.98 Å². The summed E-state index contributed by atoms with van der Waals surface area (Å²) in [6.07, 6.45) is 5.08. The molecule has 1 N–H and O–H groups in total. The van der Waals surface area contributed by atoms with Crippen LogP contribution in [-0.4, -0.2) is 36.2 Å². The van der Waals surface area contributed by atoms with Gasteiger partial charge in [-0.15, -0.1) is 0 Å². The summed E-state index contributed by atoms with van der Waals surface area (Å²) < 4.78 is 16.7. The van der Waals surface area contributed by atoms with Crippen LogP contribution in [0, 0.1) is 11.8 Å². The van der Waals surface area contributed by atoms with Crippen molar-refractivity contribution in [2.75, 3.05) is 20.3 Å². The predicted octanol–water partition coefficient (Wildman–Crippen LogP) is 1.84. The number of pyridine rings is 1. The van der Waals surface area contributed by atoms with E-state index in [1.54, 1.807) is 13.3 Å². The van der Waals surface area contributed by atoms with Gasteiger partial charge in [0.1, 0.15) is 0 Å². The van der Waals surface area contributed by atoms with Crippen LogP contribution in [0.1, 0.15) is 31.2 Å². The first-order valence-corrected chi connectivity index (χ1v) is 7.63. The molecule has 2 aliphatic carbocycles. The van der Waals surface area contributed by atoms with E-state index >= 15 is 0 Å². The number of rotatable bonds is 2. The Morgan fingerprint density at radius 2 is 1.81 bits per heavy atom. The van der Waals surface area contributed by atoms with Crippen molar-refractivity contribution in [3.05, 3.63) is 23.9 Å². The molecule has 5 nitrogen and oxygen atoms in total. The highest BCUT2D eigenvalue weighted by molar-refractivity contribution is 5.25. The first-order chi connectivity index (χ1) is 10.1. The number of fused-ring (bicyclic) bond motifs is 1. The van der Waals surface area contributed by atoms with E-state index in [0.717, 1.165) is 31.2 Å². The number of nitrogens with zero attached hydrogens (tertiary/aromatic N) is 1. The van der Waals surface area contributed by atoms with Crippen molar-refractivity contribution in [1.82, 2.24) is 4.98 Å². The summed E-state index contributed by atoms with van der Waals surface area (Å²) >= 11 is 0. The molecule has 2 unspecified atom stereocenters. The Kier molecular flexibility index (Phi) is 3.00. The average molecular weight is 291 g/mol. The van der Waals surface area contributed by atoms with Gasteiger partial charge in [-0.05, 0) is 30.7 Å². The zero-order chi connectivity index (χ0) is 14.5. The van der Waals surface area contributed by atoms with Gasteiger partial charge >= 0.3 is 0 Å². The molecule has 5 heteroatoms. The van der Waals surface area contributed by atoms with Crippen LogP contribution in [0.4, 0.5) is 0 Å². The van der Waals surface area contributed by atoms with Gasteiger partial charge in [0.2, 0.25) is 5.88 Å². The monoisotopic (exact) mass is 291 g/mol. The van der Waals surface area contributed by atoms with Gasteiger partial charge in [-0.2, -0.15) is 0 Å². The minimum absolute atomic E-state index is 0.352. The molecule has 1 aromatic heterocycles. The van der Waals surface area contributed by atoms with Crippen LogP contribution in [0.15, 0.2) is 18.3 Å². The molecule has 0 bridgehead atoms. The lowest BCUT2D eigenvalue weighted by molar-refractivity contribution is -0.158. The second-order valence-corrected chi connectivity index (χ2v) is 6.57. The van der Waals surface area contributed by atoms with Gasteiger partial charge in [0.25, 0.3) is 0 Å². The number of hydrogen-bond donors (Lipinski definition) is 1. The zero-order valence-corrected chi connectivity index (χ0v) is 12.2. The first-order valence-electron chi connectivity index (χ1n) is 7.63. The maximum Gasteiger partial charge on any atom is 0.212 e. The standard InChI is InChI=1S/C16H21NO4/c1-19-14-3-2-13(10-17-14)15(18)6-11-8-16(9-12(11)7-15)20-4-5-21-16/h2-3,10-12,18H,4-9H2,1H3. The van der Waals surface area contributed by atoms with Gasteiger partial charge in [-0.3, -0.25) is 0 Å². The molecular weight excluding hydrogens is 270 g/mol. The fourth-order valence-electron chi connectivity index (χ4n) is 4.39. The summed E-state index contributed by atoms with van der Waals surface area (Å²) in [5.74, 6) is 1.16. The van der Waals surface area contributed by atoms with Crippen LogP contribution in [0.3, 0.4) is 0 Å². The third kappa shape index (κ3) is 2.15. The summed E-state index contributed by atoms with van der Waals surface area (Å²) in [4.78, 5) is 4.22. The Bertz CT molecular complexity index is 508. The number of aromatic nitrogens is 1. The molecule has 0 aromatic carbocycles. The van der Waals surface area contributed by atoms with Crippen molar-refractivity contribution in [2.45, 2.75) is 37.1 Å². The van der Waals surface area contributed by atoms with Gasteiger partial charge in [0.15, 0.2) is 5.79 Å². The molecule has 21 heavy (non-hydrogen) atoms. The SMILES string of the molecule is COc1ccc(C2(O)CC3CC4(CC3C2)OCCO4)cn1. The minimum Gasteiger partial charge on any atom is -0.481 e. The van der Waals surface area contributed by atoms with E-state index in [9.17, 15) is 5.11 Å². The number of hydrogen-bond acceptors (Lipinski definition) is 5. The van der Waals surface area contributed by atoms with E-state index in [4.69, 9.17) is 14.2 Å². The van der Waals surface area contributed by atoms with Crippen molar-refractivity contribution in [1.29, 1.82) is 0 Å². The third-order valence-corrected chi connectivity index (χ3v) is 5.31. The summed E-state index contributed by atoms with van der Waals surface area (Å²) in [5, 5.41) is 11.0. The minimum atomic E-state index is -0.769. The zero-order valence-electron chi connectivity index (χ0n) is 12.2. The highest BCUT2D eigenvalue weighted by atomic mass is 16.7. The van der Waals surface area contributed by atoms with Crippen molar-refractivity contribution >= 4 is 0 Å². The van der Waals surface area contributed by atoms with Crippen LogP contribution in [0.25, 0.3) is 0 Å². The summed E-state index contributed by atoms with van der Waals surface area (Å²) in [6, 6.07) is 3.73. The van der Waals surface area contributed by atoms with Crippen LogP contribution in [0.5, 0.6) is 5.88 Å². The second kappa shape index (κ2) is 4.66. The highest BCUT2D eigenvalue weighted by Crippen LogP contribution is 2.57. The molecule has 0 radical (unpaired) electrons. The number of ether oxygens (including phenoxy) is 3. The Labute approximate surface area is 124 Å². The lowest BCUT2D eigenvalue weighted by Gasteiger charge is -2.28. The van der Waals surface area contributed by atoms with E-state index in [1.165, 1.54) is 0 Å². The van der Waals surface area contributed by atoms with Crippen LogP contribution in [-0.2, 0) is 15.1 Å². The summed E-state index contributed by atoms with van der Waals surface area (Å²) in [5.41, 5.74) is 0.120. The fourth-order valence-corrected chi connectivity index (χ4v) is 4.39. The number of aliphatic hydroxyl groups is 1. The molecule has 114 valence electrons. The lowest BCUT2D eigenvalue weighted by atomic mass is 9.90. The second-order valence-electron chi connectivity index (χ2n) is 6.57. The van der Waals surface area contributed by atoms with Crippen molar-refractivity contribution in [3.8, 4) is 5.88 Å². The maximum atomic E-state index is 11.0.